The largest absolute Gasteiger partial charge is 0.478 e. The predicted molar refractivity (Wildman–Crippen MR) is 129 cm³/mol. The van der Waals surface area contributed by atoms with Gasteiger partial charge in [0.05, 0.1) is 16.0 Å². The van der Waals surface area contributed by atoms with E-state index < -0.39 is 18.1 Å². The highest BCUT2D eigenvalue weighted by Gasteiger charge is 2.15. The summed E-state index contributed by atoms with van der Waals surface area (Å²) in [5.41, 5.74) is 4.77. The first-order valence-corrected chi connectivity index (χ1v) is 11.2. The minimum Gasteiger partial charge on any atom is -0.478 e. The van der Waals surface area contributed by atoms with Gasteiger partial charge < -0.3 is 14.6 Å². The molecule has 1 N–H and O–H groups in total. The molecule has 0 saturated carbocycles. The Bertz CT molecular complexity index is 857. The minimum absolute atomic E-state index is 0.0103. The number of aromatic carboxylic acids is 1. The summed E-state index contributed by atoms with van der Waals surface area (Å²) >= 11 is 3.17. The second-order valence-corrected chi connectivity index (χ2v) is 8.44. The number of halogens is 2. The van der Waals surface area contributed by atoms with Gasteiger partial charge in [0.2, 0.25) is 0 Å². The number of alkyl halides is 2. The highest BCUT2D eigenvalue weighted by atomic mass is 79.9. The van der Waals surface area contributed by atoms with E-state index in [1.807, 2.05) is 53.7 Å². The van der Waals surface area contributed by atoms with Gasteiger partial charge in [0, 0.05) is 6.42 Å². The second kappa shape index (κ2) is 15.3. The zero-order chi connectivity index (χ0) is 24.8. The molecule has 2 atom stereocenters. The third kappa shape index (κ3) is 11.7. The van der Waals surface area contributed by atoms with Crippen LogP contribution in [0.5, 0.6) is 0 Å². The van der Waals surface area contributed by atoms with Crippen molar-refractivity contribution in [3.8, 4) is 0 Å². The number of carbonyl (C=O) groups is 3. The SMILES string of the molecule is CC.Cc1cc(C)cc(C(=O)O)c1.Cc1cc(C)cc(C(=O)OC[C@H](Br)C[C@H](F)C=O)c1. The smallest absolute Gasteiger partial charge is 0.338 e. The first-order valence-electron chi connectivity index (χ1n) is 10.3. The van der Waals surface area contributed by atoms with Crippen LogP contribution >= 0.6 is 15.9 Å². The van der Waals surface area contributed by atoms with Gasteiger partial charge in [0.15, 0.2) is 12.5 Å². The molecule has 0 aliphatic carbocycles. The molecule has 0 aromatic heterocycles. The summed E-state index contributed by atoms with van der Waals surface area (Å²) in [7, 11) is 0. The van der Waals surface area contributed by atoms with Crippen molar-refractivity contribution in [2.45, 2.75) is 59.0 Å². The molecular weight excluding hydrogens is 479 g/mol. The number of hydrogen-bond acceptors (Lipinski definition) is 4. The van der Waals surface area contributed by atoms with Crippen molar-refractivity contribution in [1.29, 1.82) is 0 Å². The monoisotopic (exact) mass is 510 g/mol. The maximum absolute atomic E-state index is 12.8. The van der Waals surface area contributed by atoms with Crippen molar-refractivity contribution in [3.63, 3.8) is 0 Å². The summed E-state index contributed by atoms with van der Waals surface area (Å²) in [6.07, 6.45) is -1.31. The molecule has 32 heavy (non-hydrogen) atoms. The lowest BCUT2D eigenvalue weighted by molar-refractivity contribution is -0.112. The molecular formula is C25H32BrFO5. The Morgan fingerprint density at radius 1 is 0.938 bits per heavy atom. The molecule has 0 radical (unpaired) electrons. The first kappa shape index (κ1) is 29.5. The van der Waals surface area contributed by atoms with Gasteiger partial charge in [-0.05, 0) is 52.0 Å². The molecule has 0 saturated heterocycles. The molecule has 2 aromatic carbocycles. The van der Waals surface area contributed by atoms with Crippen LogP contribution in [0.2, 0.25) is 0 Å². The molecule has 0 amide bonds. The molecule has 2 rings (SSSR count). The van der Waals surface area contributed by atoms with Crippen LogP contribution in [0.3, 0.4) is 0 Å². The molecule has 0 bridgehead atoms. The van der Waals surface area contributed by atoms with E-state index in [1.54, 1.807) is 24.3 Å². The summed E-state index contributed by atoms with van der Waals surface area (Å²) in [5, 5.41) is 8.63. The molecule has 176 valence electrons. The summed E-state index contributed by atoms with van der Waals surface area (Å²) in [4.78, 5) is 32.1. The van der Waals surface area contributed by atoms with Gasteiger partial charge >= 0.3 is 11.9 Å². The number of ether oxygens (including phenoxy) is 1. The van der Waals surface area contributed by atoms with Gasteiger partial charge in [0.25, 0.3) is 0 Å². The Hall–Kier alpha value is -2.54. The van der Waals surface area contributed by atoms with E-state index in [-0.39, 0.29) is 24.1 Å². The molecule has 0 heterocycles. The number of hydrogen-bond donors (Lipinski definition) is 1. The van der Waals surface area contributed by atoms with Crippen molar-refractivity contribution >= 4 is 34.2 Å². The zero-order valence-electron chi connectivity index (χ0n) is 19.4. The molecule has 0 aliphatic rings. The summed E-state index contributed by atoms with van der Waals surface area (Å²) in [6, 6.07) is 10.7. The number of carboxylic acids is 1. The summed E-state index contributed by atoms with van der Waals surface area (Å²) in [5.74, 6) is -1.31. The Morgan fingerprint density at radius 3 is 1.72 bits per heavy atom. The number of esters is 1. The highest BCUT2D eigenvalue weighted by Crippen LogP contribution is 2.14. The molecule has 5 nitrogen and oxygen atoms in total. The molecule has 0 fully saturated rings. The fraction of sp³-hybridized carbons (Fsp3) is 0.400. The first-order chi connectivity index (χ1) is 15.0. The van der Waals surface area contributed by atoms with Gasteiger partial charge in [-0.15, -0.1) is 0 Å². The molecule has 0 spiro atoms. The van der Waals surface area contributed by atoms with Crippen LogP contribution < -0.4 is 0 Å². The fourth-order valence-corrected chi connectivity index (χ4v) is 3.30. The van der Waals surface area contributed by atoms with Crippen molar-refractivity contribution < 1.29 is 28.6 Å². The lowest BCUT2D eigenvalue weighted by Crippen LogP contribution is -2.18. The number of benzene rings is 2. The van der Waals surface area contributed by atoms with Crippen LogP contribution in [0.1, 0.15) is 63.2 Å². The molecule has 2 aromatic rings. The standard InChI is InChI=1S/C14H16BrFO3.C9H10O2.C2H6/c1-9-3-10(2)5-11(4-9)14(18)19-8-12(15)6-13(16)7-17;1-6-3-7(2)5-8(4-6)9(10)11;1-2/h3-5,7,12-13H,6,8H2,1-2H3;3-5H,1-2H3,(H,10,11);1-2H3/t12-,13+;;/m1../s1. The number of carbonyl (C=O) groups excluding carboxylic acids is 2. The normalized spacial score (nSPS) is 11.6. The fourth-order valence-electron chi connectivity index (χ4n) is 2.81. The maximum atomic E-state index is 12.8. The number of aldehydes is 1. The van der Waals surface area contributed by atoms with Gasteiger partial charge in [-0.2, -0.15) is 0 Å². The molecule has 0 unspecified atom stereocenters. The van der Waals surface area contributed by atoms with Gasteiger partial charge in [-0.25, -0.2) is 14.0 Å². The molecule has 0 aliphatic heterocycles. The van der Waals surface area contributed by atoms with E-state index in [9.17, 15) is 18.8 Å². The van der Waals surface area contributed by atoms with E-state index in [1.165, 1.54) is 0 Å². The third-order valence-electron chi connectivity index (χ3n) is 3.95. The maximum Gasteiger partial charge on any atom is 0.338 e. The van der Waals surface area contributed by atoms with E-state index in [2.05, 4.69) is 15.9 Å². The van der Waals surface area contributed by atoms with Crippen molar-refractivity contribution in [1.82, 2.24) is 0 Å². The minimum atomic E-state index is -1.54. The van der Waals surface area contributed by atoms with E-state index in [0.29, 0.717) is 11.1 Å². The average Bonchev–Trinajstić information content (AvgIpc) is 2.72. The van der Waals surface area contributed by atoms with Crippen LogP contribution in [-0.2, 0) is 9.53 Å². The van der Waals surface area contributed by atoms with Crippen LogP contribution in [-0.4, -0.2) is 40.9 Å². The quantitative estimate of drug-likeness (QED) is 0.273. The topological polar surface area (TPSA) is 80.7 Å². The Morgan fingerprint density at radius 2 is 1.34 bits per heavy atom. The van der Waals surface area contributed by atoms with Crippen molar-refractivity contribution in [2.24, 2.45) is 0 Å². The number of aryl methyl sites for hydroxylation is 4. The Balaban J connectivity index is 0.000000626. The van der Waals surface area contributed by atoms with E-state index in [0.717, 1.165) is 22.3 Å². The second-order valence-electron chi connectivity index (χ2n) is 7.14. The highest BCUT2D eigenvalue weighted by molar-refractivity contribution is 9.09. The van der Waals surface area contributed by atoms with Crippen LogP contribution in [0.4, 0.5) is 4.39 Å². The predicted octanol–water partition coefficient (Wildman–Crippen LogP) is 6.18. The lowest BCUT2D eigenvalue weighted by Gasteiger charge is -2.11. The van der Waals surface area contributed by atoms with Crippen LogP contribution in [0.15, 0.2) is 36.4 Å². The summed E-state index contributed by atoms with van der Waals surface area (Å²) in [6.45, 7) is 11.6. The Labute approximate surface area is 198 Å². The van der Waals surface area contributed by atoms with Crippen molar-refractivity contribution in [3.05, 3.63) is 69.8 Å². The number of rotatable bonds is 7. The van der Waals surface area contributed by atoms with Gasteiger partial charge in [-0.1, -0.05) is 64.2 Å². The van der Waals surface area contributed by atoms with Gasteiger partial charge in [0.1, 0.15) is 6.61 Å². The third-order valence-corrected chi connectivity index (χ3v) is 4.59. The molecule has 7 heteroatoms. The van der Waals surface area contributed by atoms with E-state index in [4.69, 9.17) is 9.84 Å². The van der Waals surface area contributed by atoms with Crippen LogP contribution in [0, 0.1) is 27.7 Å². The Kier molecular flexibility index (Phi) is 14.1. The van der Waals surface area contributed by atoms with Gasteiger partial charge in [-0.3, -0.25) is 0 Å². The zero-order valence-corrected chi connectivity index (χ0v) is 21.0. The van der Waals surface area contributed by atoms with E-state index >= 15 is 0 Å². The number of carboxylic acid groups (broad SMARTS) is 1. The van der Waals surface area contributed by atoms with Crippen molar-refractivity contribution in [2.75, 3.05) is 6.61 Å². The van der Waals surface area contributed by atoms with Crippen LogP contribution in [0.25, 0.3) is 0 Å². The lowest BCUT2D eigenvalue weighted by atomic mass is 10.1. The average molecular weight is 511 g/mol. The summed E-state index contributed by atoms with van der Waals surface area (Å²) < 4.78 is 17.9.